The van der Waals surface area contributed by atoms with Gasteiger partial charge in [-0.25, -0.2) is 4.79 Å². The van der Waals surface area contributed by atoms with Crippen LogP contribution in [0.1, 0.15) is 57.1 Å². The maximum Gasteiger partial charge on any atom is 0.410 e. The Balaban J connectivity index is 1.32. The Bertz CT molecular complexity index is 1010. The number of carbonyl (C=O) groups is 2. The monoisotopic (exact) mass is 478 g/mol. The number of hydrogen-bond donors (Lipinski definition) is 0. The summed E-state index contributed by atoms with van der Waals surface area (Å²) in [7, 11) is 0. The first-order valence-electron chi connectivity index (χ1n) is 12.7. The van der Waals surface area contributed by atoms with Crippen molar-refractivity contribution in [1.82, 2.24) is 9.80 Å². The predicted molar refractivity (Wildman–Crippen MR) is 137 cm³/mol. The third-order valence-electron chi connectivity index (χ3n) is 6.69. The lowest BCUT2D eigenvalue weighted by Gasteiger charge is -2.39. The molecule has 4 rings (SSSR count). The van der Waals surface area contributed by atoms with Crippen molar-refractivity contribution in [3.63, 3.8) is 0 Å². The lowest BCUT2D eigenvalue weighted by Crippen LogP contribution is -2.51. The van der Waals surface area contributed by atoms with Crippen molar-refractivity contribution in [3.8, 4) is 5.75 Å². The number of ketones is 1. The van der Waals surface area contributed by atoms with Crippen molar-refractivity contribution < 1.29 is 19.1 Å². The number of ether oxygens (including phenoxy) is 2. The molecule has 6 nitrogen and oxygen atoms in total. The molecule has 2 atom stereocenters. The van der Waals surface area contributed by atoms with Gasteiger partial charge in [0.05, 0.1) is 6.54 Å². The molecule has 2 aliphatic rings. The van der Waals surface area contributed by atoms with Crippen LogP contribution in [0.4, 0.5) is 4.79 Å². The second kappa shape index (κ2) is 10.8. The Hall–Kier alpha value is -2.86. The van der Waals surface area contributed by atoms with E-state index < -0.39 is 5.60 Å². The molecule has 2 aromatic carbocycles. The summed E-state index contributed by atoms with van der Waals surface area (Å²) in [6.07, 6.45) is 2.42. The number of carbonyl (C=O) groups excluding carboxylic acids is 2. The van der Waals surface area contributed by atoms with E-state index in [4.69, 9.17) is 9.47 Å². The van der Waals surface area contributed by atoms with Gasteiger partial charge < -0.3 is 14.4 Å². The van der Waals surface area contributed by atoms with E-state index in [2.05, 4.69) is 29.2 Å². The molecule has 0 unspecified atom stereocenters. The van der Waals surface area contributed by atoms with Gasteiger partial charge in [0.2, 0.25) is 0 Å². The SMILES string of the molecule is Cc1cccc(OCC(=O)CN2CCC(N(C(=O)OC(C)(C)C)[C@@H]3C[C@H]3c3ccccc3)CC2)c1. The van der Waals surface area contributed by atoms with Crippen LogP contribution in [0.5, 0.6) is 5.75 Å². The van der Waals surface area contributed by atoms with Crippen LogP contribution < -0.4 is 4.74 Å². The van der Waals surface area contributed by atoms with Crippen molar-refractivity contribution in [2.75, 3.05) is 26.2 Å². The first-order chi connectivity index (χ1) is 16.7. The highest BCUT2D eigenvalue weighted by Crippen LogP contribution is 2.46. The van der Waals surface area contributed by atoms with Crippen LogP contribution in [0, 0.1) is 6.92 Å². The molecule has 0 spiro atoms. The quantitative estimate of drug-likeness (QED) is 0.522. The fourth-order valence-corrected chi connectivity index (χ4v) is 4.94. The highest BCUT2D eigenvalue weighted by Gasteiger charge is 2.48. The molecule has 188 valence electrons. The average molecular weight is 479 g/mol. The molecule has 1 saturated heterocycles. The molecule has 0 radical (unpaired) electrons. The second-order valence-corrected chi connectivity index (χ2v) is 10.9. The number of piperidine rings is 1. The summed E-state index contributed by atoms with van der Waals surface area (Å²) >= 11 is 0. The van der Waals surface area contributed by atoms with Gasteiger partial charge in [-0.05, 0) is 70.2 Å². The van der Waals surface area contributed by atoms with Gasteiger partial charge in [-0.15, -0.1) is 0 Å². The van der Waals surface area contributed by atoms with Gasteiger partial charge in [0, 0.05) is 31.1 Å². The topological polar surface area (TPSA) is 59.1 Å². The Morgan fingerprint density at radius 3 is 2.40 bits per heavy atom. The molecule has 35 heavy (non-hydrogen) atoms. The molecule has 0 bridgehead atoms. The van der Waals surface area contributed by atoms with Crippen LogP contribution >= 0.6 is 0 Å². The second-order valence-electron chi connectivity index (χ2n) is 10.9. The summed E-state index contributed by atoms with van der Waals surface area (Å²) in [6, 6.07) is 18.5. The minimum absolute atomic E-state index is 0.0697. The largest absolute Gasteiger partial charge is 0.486 e. The van der Waals surface area contributed by atoms with Gasteiger partial charge in [0.1, 0.15) is 18.0 Å². The van der Waals surface area contributed by atoms with Crippen LogP contribution in [-0.4, -0.2) is 65.6 Å². The fourth-order valence-electron chi connectivity index (χ4n) is 4.94. The highest BCUT2D eigenvalue weighted by molar-refractivity contribution is 5.82. The summed E-state index contributed by atoms with van der Waals surface area (Å²) in [6.45, 7) is 9.76. The number of hydrogen-bond acceptors (Lipinski definition) is 5. The van der Waals surface area contributed by atoms with E-state index in [1.54, 1.807) is 0 Å². The number of nitrogens with zero attached hydrogens (tertiary/aromatic N) is 2. The third kappa shape index (κ3) is 7.07. The number of benzene rings is 2. The summed E-state index contributed by atoms with van der Waals surface area (Å²) in [5.74, 6) is 1.16. The van der Waals surface area contributed by atoms with Crippen molar-refractivity contribution in [2.24, 2.45) is 0 Å². The van der Waals surface area contributed by atoms with Gasteiger partial charge in [-0.3, -0.25) is 9.69 Å². The molecule has 2 fully saturated rings. The Labute approximate surface area is 209 Å². The van der Waals surface area contributed by atoms with Crippen molar-refractivity contribution in [3.05, 3.63) is 65.7 Å². The van der Waals surface area contributed by atoms with Crippen LogP contribution in [0.15, 0.2) is 54.6 Å². The van der Waals surface area contributed by atoms with E-state index in [0.29, 0.717) is 12.5 Å². The van der Waals surface area contributed by atoms with E-state index in [1.807, 2.05) is 62.9 Å². The maximum absolute atomic E-state index is 13.2. The van der Waals surface area contributed by atoms with Gasteiger partial charge in [-0.2, -0.15) is 0 Å². The predicted octanol–water partition coefficient (Wildman–Crippen LogP) is 5.20. The summed E-state index contributed by atoms with van der Waals surface area (Å²) in [5.41, 5.74) is 1.86. The summed E-state index contributed by atoms with van der Waals surface area (Å²) in [4.78, 5) is 29.9. The maximum atomic E-state index is 13.2. The van der Waals surface area contributed by atoms with E-state index in [-0.39, 0.29) is 30.6 Å². The number of Topliss-reactive ketones (excluding diaryl/α,β-unsaturated/α-hetero) is 1. The fraction of sp³-hybridized carbons (Fsp3) is 0.517. The van der Waals surface area contributed by atoms with Gasteiger partial charge in [0.15, 0.2) is 5.78 Å². The minimum Gasteiger partial charge on any atom is -0.486 e. The number of amides is 1. The highest BCUT2D eigenvalue weighted by atomic mass is 16.6. The van der Waals surface area contributed by atoms with Crippen molar-refractivity contribution >= 4 is 11.9 Å². The number of aryl methyl sites for hydroxylation is 1. The molecule has 2 aromatic rings. The zero-order chi connectivity index (χ0) is 25.0. The first-order valence-corrected chi connectivity index (χ1v) is 12.7. The molecule has 0 N–H and O–H groups in total. The molecule has 1 aliphatic heterocycles. The van der Waals surface area contributed by atoms with Crippen LogP contribution in [0.3, 0.4) is 0 Å². The summed E-state index contributed by atoms with van der Waals surface area (Å²) < 4.78 is 11.5. The normalized spacial score (nSPS) is 20.8. The van der Waals surface area contributed by atoms with Gasteiger partial charge in [-0.1, -0.05) is 42.5 Å². The minimum atomic E-state index is -0.531. The smallest absolute Gasteiger partial charge is 0.410 e. The number of likely N-dealkylation sites (tertiary alicyclic amines) is 1. The van der Waals surface area contributed by atoms with E-state index in [0.717, 1.165) is 43.7 Å². The standard InChI is InChI=1S/C29H38N2O4/c1-21-9-8-12-25(17-21)34-20-24(32)19-30-15-13-23(14-16-30)31(28(33)35-29(2,3)4)27-18-26(27)22-10-6-5-7-11-22/h5-12,17,23,26-27H,13-16,18-20H2,1-4H3/t26-,27+/m0/s1. The van der Waals surface area contributed by atoms with Gasteiger partial charge >= 0.3 is 6.09 Å². The van der Waals surface area contributed by atoms with Crippen LogP contribution in [0.2, 0.25) is 0 Å². The van der Waals surface area contributed by atoms with Crippen molar-refractivity contribution in [1.29, 1.82) is 0 Å². The first kappa shape index (κ1) is 25.2. The molecular formula is C29H38N2O4. The molecule has 1 heterocycles. The lowest BCUT2D eigenvalue weighted by molar-refractivity contribution is -0.122. The van der Waals surface area contributed by atoms with Crippen molar-refractivity contribution in [2.45, 2.75) is 70.6 Å². The molecule has 1 amide bonds. The average Bonchev–Trinajstić information content (AvgIpc) is 3.59. The third-order valence-corrected chi connectivity index (χ3v) is 6.69. The van der Waals surface area contributed by atoms with Gasteiger partial charge in [0.25, 0.3) is 0 Å². The van der Waals surface area contributed by atoms with Crippen LogP contribution in [0.25, 0.3) is 0 Å². The molecule has 0 aromatic heterocycles. The molecular weight excluding hydrogens is 440 g/mol. The molecule has 1 saturated carbocycles. The Kier molecular flexibility index (Phi) is 7.80. The zero-order valence-electron chi connectivity index (χ0n) is 21.4. The van der Waals surface area contributed by atoms with E-state index >= 15 is 0 Å². The molecule has 1 aliphatic carbocycles. The Morgan fingerprint density at radius 1 is 1.03 bits per heavy atom. The Morgan fingerprint density at radius 2 is 1.74 bits per heavy atom. The number of rotatable bonds is 8. The van der Waals surface area contributed by atoms with E-state index in [9.17, 15) is 9.59 Å². The van der Waals surface area contributed by atoms with E-state index in [1.165, 1.54) is 5.56 Å². The molecule has 6 heteroatoms. The van der Waals surface area contributed by atoms with Crippen LogP contribution in [-0.2, 0) is 9.53 Å². The lowest BCUT2D eigenvalue weighted by atomic mass is 10.0. The zero-order valence-corrected chi connectivity index (χ0v) is 21.4. The summed E-state index contributed by atoms with van der Waals surface area (Å²) in [5, 5.41) is 0.